The molecule has 3 atom stereocenters. The molecular formula is C11H19N3O8. The van der Waals surface area contributed by atoms with Crippen LogP contribution in [0.4, 0.5) is 0 Å². The number of rotatable bonds is 8. The van der Waals surface area contributed by atoms with Crippen LogP contribution in [0.1, 0.15) is 12.8 Å². The van der Waals surface area contributed by atoms with Crippen molar-refractivity contribution in [2.75, 3.05) is 13.2 Å². The van der Waals surface area contributed by atoms with Gasteiger partial charge in [0.15, 0.2) is 0 Å². The maximum Gasteiger partial charge on any atom is 0.332 e. The highest BCUT2D eigenvalue weighted by Crippen LogP contribution is 2.01. The highest BCUT2D eigenvalue weighted by Gasteiger charge is 2.24. The van der Waals surface area contributed by atoms with Crippen molar-refractivity contribution in [2.24, 2.45) is 17.2 Å². The van der Waals surface area contributed by atoms with Gasteiger partial charge in [-0.15, -0.1) is 0 Å². The first-order valence-electron chi connectivity index (χ1n) is 6.21. The topological polar surface area (TPSA) is 205 Å². The molecule has 0 fully saturated rings. The van der Waals surface area contributed by atoms with E-state index < -0.39 is 61.6 Å². The Bertz CT molecular complexity index is 428. The van der Waals surface area contributed by atoms with Crippen molar-refractivity contribution in [1.29, 1.82) is 0 Å². The van der Waals surface area contributed by atoms with Crippen LogP contribution in [0, 0.1) is 0 Å². The summed E-state index contributed by atoms with van der Waals surface area (Å²) in [5.74, 6) is -4.42. The standard InChI is InChI=1S/C11H19N3O8/c12-5(9(18)22-11(20)7(14)4-16)1-2-8(17)21-10(19)6(13)3-15/h5-7,15-16H,1-4,12-14H2/t5-,6-,7-/m0/s1. The molecule has 0 saturated carbocycles. The maximum atomic E-state index is 11.4. The predicted molar refractivity (Wildman–Crippen MR) is 69.5 cm³/mol. The molecule has 126 valence electrons. The Hall–Kier alpha value is -1.92. The highest BCUT2D eigenvalue weighted by molar-refractivity contribution is 5.91. The van der Waals surface area contributed by atoms with Gasteiger partial charge in [0.05, 0.1) is 13.2 Å². The fraction of sp³-hybridized carbons (Fsp3) is 0.636. The van der Waals surface area contributed by atoms with E-state index >= 15 is 0 Å². The van der Waals surface area contributed by atoms with Crippen LogP contribution in [-0.2, 0) is 28.7 Å². The lowest BCUT2D eigenvalue weighted by molar-refractivity contribution is -0.162. The lowest BCUT2D eigenvalue weighted by Gasteiger charge is -2.12. The van der Waals surface area contributed by atoms with Crippen LogP contribution in [-0.4, -0.2) is 65.4 Å². The average Bonchev–Trinajstić information content (AvgIpc) is 2.50. The van der Waals surface area contributed by atoms with E-state index in [0.29, 0.717) is 0 Å². The molecule has 0 saturated heterocycles. The normalized spacial score (nSPS) is 14.6. The summed E-state index contributed by atoms with van der Waals surface area (Å²) in [7, 11) is 0. The van der Waals surface area contributed by atoms with Crippen LogP contribution >= 0.6 is 0 Å². The molecule has 8 N–H and O–H groups in total. The van der Waals surface area contributed by atoms with Crippen molar-refractivity contribution >= 4 is 23.9 Å². The van der Waals surface area contributed by atoms with Crippen LogP contribution in [0.2, 0.25) is 0 Å². The number of aliphatic hydroxyl groups excluding tert-OH is 2. The Morgan fingerprint density at radius 1 is 0.773 bits per heavy atom. The molecule has 0 unspecified atom stereocenters. The summed E-state index contributed by atoms with van der Waals surface area (Å²) >= 11 is 0. The van der Waals surface area contributed by atoms with Crippen molar-refractivity contribution in [2.45, 2.75) is 31.0 Å². The number of hydrogen-bond acceptors (Lipinski definition) is 11. The van der Waals surface area contributed by atoms with Crippen molar-refractivity contribution in [1.82, 2.24) is 0 Å². The zero-order valence-corrected chi connectivity index (χ0v) is 11.6. The van der Waals surface area contributed by atoms with Crippen molar-refractivity contribution in [3.8, 4) is 0 Å². The molecule has 0 bridgehead atoms. The summed E-state index contributed by atoms with van der Waals surface area (Å²) in [6, 6.07) is -4.05. The van der Waals surface area contributed by atoms with E-state index in [1.165, 1.54) is 0 Å². The van der Waals surface area contributed by atoms with Gasteiger partial charge >= 0.3 is 23.9 Å². The van der Waals surface area contributed by atoms with Gasteiger partial charge in [0.25, 0.3) is 0 Å². The van der Waals surface area contributed by atoms with Gasteiger partial charge in [-0.25, -0.2) is 14.4 Å². The van der Waals surface area contributed by atoms with E-state index in [4.69, 9.17) is 27.4 Å². The Morgan fingerprint density at radius 2 is 1.18 bits per heavy atom. The monoisotopic (exact) mass is 321 g/mol. The van der Waals surface area contributed by atoms with Gasteiger partial charge in [-0.1, -0.05) is 0 Å². The van der Waals surface area contributed by atoms with Crippen LogP contribution in [0.3, 0.4) is 0 Å². The third-order valence-corrected chi connectivity index (χ3v) is 2.38. The Morgan fingerprint density at radius 3 is 1.64 bits per heavy atom. The summed E-state index contributed by atoms with van der Waals surface area (Å²) in [4.78, 5) is 44.9. The van der Waals surface area contributed by atoms with Crippen LogP contribution in [0.5, 0.6) is 0 Å². The molecule has 0 aromatic rings. The zero-order chi connectivity index (χ0) is 17.3. The lowest BCUT2D eigenvalue weighted by atomic mass is 10.2. The Labute approximate surface area is 125 Å². The van der Waals surface area contributed by atoms with Crippen molar-refractivity contribution in [3.63, 3.8) is 0 Å². The van der Waals surface area contributed by atoms with Gasteiger partial charge in [-0.2, -0.15) is 0 Å². The van der Waals surface area contributed by atoms with Crippen LogP contribution in [0.15, 0.2) is 0 Å². The molecule has 0 spiro atoms. The predicted octanol–water partition coefficient (Wildman–Crippen LogP) is -4.13. The molecule has 0 aromatic heterocycles. The van der Waals surface area contributed by atoms with E-state index in [1.54, 1.807) is 0 Å². The molecule has 11 nitrogen and oxygen atoms in total. The van der Waals surface area contributed by atoms with E-state index in [1.807, 2.05) is 0 Å². The quantitative estimate of drug-likeness (QED) is 0.214. The zero-order valence-electron chi connectivity index (χ0n) is 11.6. The number of hydrogen-bond donors (Lipinski definition) is 5. The molecule has 0 amide bonds. The lowest BCUT2D eigenvalue weighted by Crippen LogP contribution is -2.41. The summed E-state index contributed by atoms with van der Waals surface area (Å²) in [6.45, 7) is -1.40. The van der Waals surface area contributed by atoms with E-state index in [2.05, 4.69) is 9.47 Å². The molecule has 0 rings (SSSR count). The molecule has 0 heterocycles. The molecule has 22 heavy (non-hydrogen) atoms. The fourth-order valence-corrected chi connectivity index (χ4v) is 1.03. The van der Waals surface area contributed by atoms with Gasteiger partial charge in [-0.05, 0) is 6.42 Å². The molecule has 0 radical (unpaired) electrons. The Kier molecular flexibility index (Phi) is 9.05. The number of esters is 4. The van der Waals surface area contributed by atoms with Gasteiger partial charge in [0.1, 0.15) is 18.1 Å². The van der Waals surface area contributed by atoms with Gasteiger partial charge in [0.2, 0.25) is 0 Å². The largest absolute Gasteiger partial charge is 0.394 e. The third kappa shape index (κ3) is 7.19. The van der Waals surface area contributed by atoms with E-state index in [-0.39, 0.29) is 6.42 Å². The molecule has 0 aliphatic heterocycles. The first kappa shape index (κ1) is 20.1. The van der Waals surface area contributed by atoms with Crippen molar-refractivity contribution < 1.29 is 38.9 Å². The molecule has 0 aromatic carbocycles. The van der Waals surface area contributed by atoms with Gasteiger partial charge in [-0.3, -0.25) is 4.79 Å². The fourth-order valence-electron chi connectivity index (χ4n) is 1.03. The Balaban J connectivity index is 4.19. The minimum Gasteiger partial charge on any atom is -0.394 e. The second kappa shape index (κ2) is 9.92. The SMILES string of the molecule is N[C@@H](CO)C(=O)OC(=O)CC[C@H](N)C(=O)OC(=O)[C@@H](N)CO. The number of carbonyl (C=O) groups is 4. The summed E-state index contributed by atoms with van der Waals surface area (Å²) in [5.41, 5.74) is 15.6. The second-order valence-corrected chi connectivity index (χ2v) is 4.26. The number of ether oxygens (including phenoxy) is 2. The molecule has 0 aliphatic carbocycles. The summed E-state index contributed by atoms with van der Waals surface area (Å²) < 4.78 is 8.55. The smallest absolute Gasteiger partial charge is 0.332 e. The number of carbonyl (C=O) groups excluding carboxylic acids is 4. The minimum atomic E-state index is -1.38. The van der Waals surface area contributed by atoms with Crippen LogP contribution < -0.4 is 17.2 Å². The second-order valence-electron chi connectivity index (χ2n) is 4.26. The number of nitrogens with two attached hydrogens (primary N) is 3. The van der Waals surface area contributed by atoms with Crippen LogP contribution in [0.25, 0.3) is 0 Å². The van der Waals surface area contributed by atoms with E-state index in [9.17, 15) is 19.2 Å². The average molecular weight is 321 g/mol. The minimum absolute atomic E-state index is 0.263. The summed E-state index contributed by atoms with van der Waals surface area (Å²) in [5, 5.41) is 17.2. The van der Waals surface area contributed by atoms with Gasteiger partial charge < -0.3 is 36.9 Å². The molecular weight excluding hydrogens is 302 g/mol. The maximum absolute atomic E-state index is 11.4. The van der Waals surface area contributed by atoms with E-state index in [0.717, 1.165) is 0 Å². The number of aliphatic hydroxyl groups is 2. The molecule has 0 aliphatic rings. The molecule has 11 heteroatoms. The highest BCUT2D eigenvalue weighted by atomic mass is 16.6. The summed E-state index contributed by atoms with van der Waals surface area (Å²) in [6.07, 6.45) is -0.679. The van der Waals surface area contributed by atoms with Crippen molar-refractivity contribution in [3.05, 3.63) is 0 Å². The van der Waals surface area contributed by atoms with Gasteiger partial charge in [0, 0.05) is 6.42 Å². The third-order valence-electron chi connectivity index (χ3n) is 2.38. The first-order valence-corrected chi connectivity index (χ1v) is 6.21. The first-order chi connectivity index (χ1) is 10.2.